The van der Waals surface area contributed by atoms with Gasteiger partial charge in [0.05, 0.1) is 0 Å². The summed E-state index contributed by atoms with van der Waals surface area (Å²) in [6.07, 6.45) is 2.31. The van der Waals surface area contributed by atoms with Crippen molar-refractivity contribution in [1.29, 1.82) is 0 Å². The zero-order chi connectivity index (χ0) is 10.7. The van der Waals surface area contributed by atoms with Crippen LogP contribution in [0.2, 0.25) is 0 Å². The average molecular weight is 190 g/mol. The van der Waals surface area contributed by atoms with Gasteiger partial charge in [0, 0.05) is 0 Å². The molecular weight excluding hydrogens is 168 g/mol. The van der Waals surface area contributed by atoms with Crippen molar-refractivity contribution in [2.45, 2.75) is 53.4 Å². The predicted molar refractivity (Wildman–Crippen MR) is 64.0 cm³/mol. The van der Waals surface area contributed by atoms with Gasteiger partial charge < -0.3 is 0 Å². The molecule has 0 aromatic heterocycles. The van der Waals surface area contributed by atoms with E-state index in [2.05, 4.69) is 46.8 Å². The van der Waals surface area contributed by atoms with Gasteiger partial charge >= 0.3 is 0 Å². The molecule has 0 nitrogen and oxygen atoms in total. The fraction of sp³-hybridized carbons (Fsp3) is 0.571. The van der Waals surface area contributed by atoms with Crippen LogP contribution < -0.4 is 0 Å². The molecule has 1 aromatic carbocycles. The van der Waals surface area contributed by atoms with Gasteiger partial charge in [-0.05, 0) is 42.4 Å². The highest BCUT2D eigenvalue weighted by atomic mass is 14.2. The van der Waals surface area contributed by atoms with Crippen LogP contribution in [-0.4, -0.2) is 0 Å². The standard InChI is InChI=1S/C14H22/c1-6-12-8-11(5)9-13(7-2)14(12)10(3)4/h8-10H,6-7H2,1-5H3. The van der Waals surface area contributed by atoms with Gasteiger partial charge in [-0.2, -0.15) is 0 Å². The Labute approximate surface area is 88.4 Å². The average Bonchev–Trinajstić information content (AvgIpc) is 2.15. The van der Waals surface area contributed by atoms with Crippen LogP contribution in [0.5, 0.6) is 0 Å². The van der Waals surface area contributed by atoms with Crippen LogP contribution in [0.15, 0.2) is 12.1 Å². The van der Waals surface area contributed by atoms with Crippen molar-refractivity contribution < 1.29 is 0 Å². The Balaban J connectivity index is 3.33. The molecule has 0 aliphatic heterocycles. The molecule has 0 heteroatoms. The Morgan fingerprint density at radius 3 is 1.71 bits per heavy atom. The maximum Gasteiger partial charge on any atom is -0.0213 e. The summed E-state index contributed by atoms with van der Waals surface area (Å²) in [5, 5.41) is 0. The summed E-state index contributed by atoms with van der Waals surface area (Å²) in [4.78, 5) is 0. The van der Waals surface area contributed by atoms with E-state index in [0.29, 0.717) is 5.92 Å². The molecule has 14 heavy (non-hydrogen) atoms. The summed E-state index contributed by atoms with van der Waals surface area (Å²) in [5.74, 6) is 0.653. The van der Waals surface area contributed by atoms with Gasteiger partial charge in [0.1, 0.15) is 0 Å². The molecule has 1 aromatic rings. The van der Waals surface area contributed by atoms with Gasteiger partial charge in [0.15, 0.2) is 0 Å². The van der Waals surface area contributed by atoms with Crippen LogP contribution >= 0.6 is 0 Å². The Bertz CT molecular complexity index is 283. The van der Waals surface area contributed by atoms with Crippen LogP contribution in [0.1, 0.15) is 55.9 Å². The maximum atomic E-state index is 2.34. The second-order valence-corrected chi connectivity index (χ2v) is 4.36. The number of hydrogen-bond donors (Lipinski definition) is 0. The van der Waals surface area contributed by atoms with Crippen molar-refractivity contribution in [3.05, 3.63) is 34.4 Å². The van der Waals surface area contributed by atoms with Crippen molar-refractivity contribution in [2.24, 2.45) is 0 Å². The Morgan fingerprint density at radius 1 is 1.00 bits per heavy atom. The van der Waals surface area contributed by atoms with Gasteiger partial charge in [-0.1, -0.05) is 45.4 Å². The second kappa shape index (κ2) is 4.63. The van der Waals surface area contributed by atoms with Crippen molar-refractivity contribution in [1.82, 2.24) is 0 Å². The number of rotatable bonds is 3. The van der Waals surface area contributed by atoms with Crippen molar-refractivity contribution in [3.8, 4) is 0 Å². The summed E-state index contributed by atoms with van der Waals surface area (Å²) in [7, 11) is 0. The smallest absolute Gasteiger partial charge is 0.0213 e. The molecule has 0 radical (unpaired) electrons. The highest BCUT2D eigenvalue weighted by Gasteiger charge is 2.10. The molecule has 0 heterocycles. The van der Waals surface area contributed by atoms with E-state index in [4.69, 9.17) is 0 Å². The maximum absolute atomic E-state index is 2.34. The summed E-state index contributed by atoms with van der Waals surface area (Å²) in [6.45, 7) is 11.3. The van der Waals surface area contributed by atoms with Crippen LogP contribution in [0.25, 0.3) is 0 Å². The van der Waals surface area contributed by atoms with E-state index in [9.17, 15) is 0 Å². The first-order valence-electron chi connectivity index (χ1n) is 5.72. The molecule has 0 saturated carbocycles. The lowest BCUT2D eigenvalue weighted by atomic mass is 9.88. The molecule has 0 spiro atoms. The van der Waals surface area contributed by atoms with E-state index in [1.807, 2.05) is 0 Å². The molecule has 0 fully saturated rings. The van der Waals surface area contributed by atoms with E-state index in [0.717, 1.165) is 12.8 Å². The van der Waals surface area contributed by atoms with Crippen LogP contribution in [0.3, 0.4) is 0 Å². The van der Waals surface area contributed by atoms with Crippen LogP contribution in [-0.2, 0) is 12.8 Å². The third-order valence-corrected chi connectivity index (χ3v) is 2.83. The van der Waals surface area contributed by atoms with Gasteiger partial charge in [-0.15, -0.1) is 0 Å². The fourth-order valence-corrected chi connectivity index (χ4v) is 2.28. The largest absolute Gasteiger partial charge is 0.0613 e. The Hall–Kier alpha value is -0.780. The SMILES string of the molecule is CCc1cc(C)cc(CC)c1C(C)C. The summed E-state index contributed by atoms with van der Waals surface area (Å²) in [6, 6.07) is 4.68. The first-order valence-corrected chi connectivity index (χ1v) is 5.72. The summed E-state index contributed by atoms with van der Waals surface area (Å²) in [5.41, 5.74) is 6.07. The monoisotopic (exact) mass is 190 g/mol. The lowest BCUT2D eigenvalue weighted by Crippen LogP contribution is -2.02. The molecule has 78 valence electrons. The minimum absolute atomic E-state index is 0.653. The fourth-order valence-electron chi connectivity index (χ4n) is 2.28. The zero-order valence-corrected chi connectivity index (χ0v) is 10.1. The highest BCUT2D eigenvalue weighted by molar-refractivity contribution is 5.41. The van der Waals surface area contributed by atoms with Gasteiger partial charge in [0.25, 0.3) is 0 Å². The second-order valence-electron chi connectivity index (χ2n) is 4.36. The van der Waals surface area contributed by atoms with Gasteiger partial charge in [-0.25, -0.2) is 0 Å². The lowest BCUT2D eigenvalue weighted by molar-refractivity contribution is 0.821. The zero-order valence-electron chi connectivity index (χ0n) is 10.1. The first-order chi connectivity index (χ1) is 6.60. The van der Waals surface area contributed by atoms with Crippen LogP contribution in [0, 0.1) is 6.92 Å². The molecular formula is C14H22. The molecule has 0 aliphatic rings. The Kier molecular flexibility index (Phi) is 3.74. The molecule has 0 aliphatic carbocycles. The molecule has 0 amide bonds. The predicted octanol–water partition coefficient (Wildman–Crippen LogP) is 4.24. The quantitative estimate of drug-likeness (QED) is 0.668. The number of hydrogen-bond acceptors (Lipinski definition) is 0. The third-order valence-electron chi connectivity index (χ3n) is 2.83. The first kappa shape index (κ1) is 11.3. The van der Waals surface area contributed by atoms with Crippen molar-refractivity contribution in [3.63, 3.8) is 0 Å². The Morgan fingerprint density at radius 2 is 1.43 bits per heavy atom. The number of aryl methyl sites for hydroxylation is 3. The van der Waals surface area contributed by atoms with Gasteiger partial charge in [-0.3, -0.25) is 0 Å². The molecule has 0 bridgehead atoms. The minimum atomic E-state index is 0.653. The topological polar surface area (TPSA) is 0 Å². The number of benzene rings is 1. The summed E-state index contributed by atoms with van der Waals surface area (Å²) < 4.78 is 0. The van der Waals surface area contributed by atoms with E-state index in [-0.39, 0.29) is 0 Å². The minimum Gasteiger partial charge on any atom is -0.0613 e. The normalized spacial score (nSPS) is 11.0. The molecule has 0 atom stereocenters. The lowest BCUT2D eigenvalue weighted by Gasteiger charge is -2.17. The highest BCUT2D eigenvalue weighted by Crippen LogP contribution is 2.26. The van der Waals surface area contributed by atoms with E-state index < -0.39 is 0 Å². The summed E-state index contributed by atoms with van der Waals surface area (Å²) >= 11 is 0. The van der Waals surface area contributed by atoms with E-state index in [1.54, 1.807) is 5.56 Å². The van der Waals surface area contributed by atoms with Crippen molar-refractivity contribution >= 4 is 0 Å². The molecule has 0 saturated heterocycles. The van der Waals surface area contributed by atoms with E-state index >= 15 is 0 Å². The van der Waals surface area contributed by atoms with Crippen LogP contribution in [0.4, 0.5) is 0 Å². The molecule has 1 rings (SSSR count). The third kappa shape index (κ3) is 2.17. The molecule has 0 N–H and O–H groups in total. The van der Waals surface area contributed by atoms with E-state index in [1.165, 1.54) is 16.7 Å². The molecule has 0 unspecified atom stereocenters. The van der Waals surface area contributed by atoms with Gasteiger partial charge in [0.2, 0.25) is 0 Å². The van der Waals surface area contributed by atoms with Crippen molar-refractivity contribution in [2.75, 3.05) is 0 Å².